The van der Waals surface area contributed by atoms with Gasteiger partial charge in [-0.3, -0.25) is 9.59 Å². The molecule has 20 heavy (non-hydrogen) atoms. The van der Waals surface area contributed by atoms with Gasteiger partial charge in [0.15, 0.2) is 11.5 Å². The smallest absolute Gasteiger partial charge is 0.290 e. The molecule has 1 amide bonds. The van der Waals surface area contributed by atoms with E-state index < -0.39 is 17.7 Å². The van der Waals surface area contributed by atoms with Crippen LogP contribution in [0.3, 0.4) is 0 Å². The van der Waals surface area contributed by atoms with Crippen LogP contribution >= 0.6 is 15.9 Å². The third-order valence-electron chi connectivity index (χ3n) is 3.24. The normalized spacial score (nSPS) is 18.9. The minimum atomic E-state index is -0.573. The standard InChI is InChI=1S/C14H15BrN2O3/c1-8(18)11-12(9-2-4-10(15)5-3-9)17(7-6-16)14(20)13(11)19/h2-5,12,19H,6-7,16H2,1H3. The molecule has 1 atom stereocenters. The molecule has 1 heterocycles. The molecule has 5 nitrogen and oxygen atoms in total. The first kappa shape index (κ1) is 14.7. The van der Waals surface area contributed by atoms with Gasteiger partial charge in [0.2, 0.25) is 0 Å². The summed E-state index contributed by atoms with van der Waals surface area (Å²) >= 11 is 3.34. The fourth-order valence-electron chi connectivity index (χ4n) is 2.37. The highest BCUT2D eigenvalue weighted by molar-refractivity contribution is 9.10. The van der Waals surface area contributed by atoms with Crippen molar-refractivity contribution in [2.75, 3.05) is 13.1 Å². The Morgan fingerprint density at radius 2 is 2.00 bits per heavy atom. The number of benzene rings is 1. The first-order valence-electron chi connectivity index (χ1n) is 6.18. The van der Waals surface area contributed by atoms with Crippen LogP contribution in [0.15, 0.2) is 40.1 Å². The van der Waals surface area contributed by atoms with Crippen LogP contribution in [0.5, 0.6) is 0 Å². The van der Waals surface area contributed by atoms with E-state index in [0.717, 1.165) is 10.0 Å². The number of nitrogens with zero attached hydrogens (tertiary/aromatic N) is 1. The van der Waals surface area contributed by atoms with Crippen molar-refractivity contribution in [2.24, 2.45) is 5.73 Å². The molecule has 0 radical (unpaired) electrons. The van der Waals surface area contributed by atoms with Crippen molar-refractivity contribution in [1.29, 1.82) is 0 Å². The zero-order valence-electron chi connectivity index (χ0n) is 11.0. The van der Waals surface area contributed by atoms with Gasteiger partial charge in [0.05, 0.1) is 11.6 Å². The highest BCUT2D eigenvalue weighted by atomic mass is 79.9. The SMILES string of the molecule is CC(=O)C1=C(O)C(=O)N(CCN)C1c1ccc(Br)cc1. The van der Waals surface area contributed by atoms with Crippen molar-refractivity contribution in [1.82, 2.24) is 4.90 Å². The Hall–Kier alpha value is -1.66. The molecule has 1 unspecified atom stereocenters. The maximum Gasteiger partial charge on any atom is 0.290 e. The molecule has 0 aliphatic carbocycles. The minimum Gasteiger partial charge on any atom is -0.503 e. The molecule has 1 aromatic rings. The average molecular weight is 339 g/mol. The number of Topliss-reactive ketones (excluding diaryl/α,β-unsaturated/α-hetero) is 1. The first-order chi connectivity index (χ1) is 9.47. The highest BCUT2D eigenvalue weighted by Gasteiger charge is 2.41. The molecule has 106 valence electrons. The fraction of sp³-hybridized carbons (Fsp3) is 0.286. The van der Waals surface area contributed by atoms with Gasteiger partial charge in [-0.05, 0) is 24.6 Å². The van der Waals surface area contributed by atoms with Crippen molar-refractivity contribution in [3.63, 3.8) is 0 Å². The van der Waals surface area contributed by atoms with Crippen LogP contribution in [-0.2, 0) is 9.59 Å². The van der Waals surface area contributed by atoms with E-state index in [0.29, 0.717) is 0 Å². The zero-order chi connectivity index (χ0) is 14.9. The van der Waals surface area contributed by atoms with Gasteiger partial charge < -0.3 is 15.7 Å². The third-order valence-corrected chi connectivity index (χ3v) is 3.77. The van der Waals surface area contributed by atoms with Crippen molar-refractivity contribution in [2.45, 2.75) is 13.0 Å². The molecule has 1 aliphatic heterocycles. The Bertz CT molecular complexity index is 581. The van der Waals surface area contributed by atoms with Crippen LogP contribution < -0.4 is 5.73 Å². The van der Waals surface area contributed by atoms with E-state index in [2.05, 4.69) is 15.9 Å². The first-order valence-corrected chi connectivity index (χ1v) is 6.97. The van der Waals surface area contributed by atoms with Crippen molar-refractivity contribution < 1.29 is 14.7 Å². The van der Waals surface area contributed by atoms with Gasteiger partial charge in [-0.1, -0.05) is 28.1 Å². The molecule has 0 aromatic heterocycles. The van der Waals surface area contributed by atoms with Crippen molar-refractivity contribution in [3.05, 3.63) is 45.6 Å². The van der Waals surface area contributed by atoms with E-state index in [-0.39, 0.29) is 24.4 Å². The summed E-state index contributed by atoms with van der Waals surface area (Å²) in [5, 5.41) is 9.93. The number of halogens is 1. The summed E-state index contributed by atoms with van der Waals surface area (Å²) in [5.74, 6) is -1.34. The number of hydrogen-bond donors (Lipinski definition) is 2. The topological polar surface area (TPSA) is 83.6 Å². The predicted molar refractivity (Wildman–Crippen MR) is 78.0 cm³/mol. The molecule has 0 spiro atoms. The summed E-state index contributed by atoms with van der Waals surface area (Å²) in [6.45, 7) is 1.88. The van der Waals surface area contributed by atoms with Gasteiger partial charge in [-0.15, -0.1) is 0 Å². The summed E-state index contributed by atoms with van der Waals surface area (Å²) in [6.07, 6.45) is 0. The number of carbonyl (C=O) groups is 2. The number of hydrogen-bond acceptors (Lipinski definition) is 4. The maximum absolute atomic E-state index is 12.1. The second-order valence-corrected chi connectivity index (χ2v) is 5.48. The summed E-state index contributed by atoms with van der Waals surface area (Å²) in [6, 6.07) is 6.71. The fourth-order valence-corrected chi connectivity index (χ4v) is 2.64. The zero-order valence-corrected chi connectivity index (χ0v) is 12.6. The summed E-state index contributed by atoms with van der Waals surface area (Å²) in [7, 11) is 0. The summed E-state index contributed by atoms with van der Waals surface area (Å²) in [5.41, 5.74) is 6.41. The Kier molecular flexibility index (Phi) is 4.25. The van der Waals surface area contributed by atoms with Crippen LogP contribution in [-0.4, -0.2) is 34.8 Å². The van der Waals surface area contributed by atoms with E-state index in [1.54, 1.807) is 0 Å². The van der Waals surface area contributed by atoms with Crippen LogP contribution in [0, 0.1) is 0 Å². The summed E-state index contributed by atoms with van der Waals surface area (Å²) < 4.78 is 0.897. The second-order valence-electron chi connectivity index (χ2n) is 4.56. The van der Waals surface area contributed by atoms with Crippen molar-refractivity contribution >= 4 is 27.6 Å². The van der Waals surface area contributed by atoms with E-state index in [4.69, 9.17) is 5.73 Å². The number of carbonyl (C=O) groups excluding carboxylic acids is 2. The minimum absolute atomic E-state index is 0.130. The maximum atomic E-state index is 12.1. The van der Waals surface area contributed by atoms with E-state index >= 15 is 0 Å². The largest absolute Gasteiger partial charge is 0.503 e. The predicted octanol–water partition coefficient (Wildman–Crippen LogP) is 1.69. The molecule has 0 saturated heterocycles. The molecule has 1 aliphatic rings. The number of nitrogens with two attached hydrogens (primary N) is 1. The summed E-state index contributed by atoms with van der Waals surface area (Å²) in [4.78, 5) is 25.3. The lowest BCUT2D eigenvalue weighted by molar-refractivity contribution is -0.129. The van der Waals surface area contributed by atoms with Crippen LogP contribution in [0.4, 0.5) is 0 Å². The lowest BCUT2D eigenvalue weighted by Crippen LogP contribution is -2.35. The molecule has 2 rings (SSSR count). The highest BCUT2D eigenvalue weighted by Crippen LogP contribution is 2.37. The van der Waals surface area contributed by atoms with Crippen LogP contribution in [0.2, 0.25) is 0 Å². The number of rotatable bonds is 4. The number of aliphatic hydroxyl groups excluding tert-OH is 1. The number of aliphatic hydroxyl groups is 1. The Morgan fingerprint density at radius 1 is 1.40 bits per heavy atom. The number of ketones is 1. The van der Waals surface area contributed by atoms with E-state index in [9.17, 15) is 14.7 Å². The third kappa shape index (κ3) is 2.48. The van der Waals surface area contributed by atoms with Crippen LogP contribution in [0.25, 0.3) is 0 Å². The monoisotopic (exact) mass is 338 g/mol. The van der Waals surface area contributed by atoms with Gasteiger partial charge in [0.25, 0.3) is 5.91 Å². The van der Waals surface area contributed by atoms with Gasteiger partial charge in [0, 0.05) is 17.6 Å². The van der Waals surface area contributed by atoms with Gasteiger partial charge in [-0.2, -0.15) is 0 Å². The molecule has 1 aromatic carbocycles. The lowest BCUT2D eigenvalue weighted by atomic mass is 9.97. The molecular formula is C14H15BrN2O3. The molecule has 0 bridgehead atoms. The lowest BCUT2D eigenvalue weighted by Gasteiger charge is -2.26. The Balaban J connectivity index is 2.51. The van der Waals surface area contributed by atoms with E-state index in [1.807, 2.05) is 24.3 Å². The molecule has 0 fully saturated rings. The number of amides is 1. The molecule has 6 heteroatoms. The van der Waals surface area contributed by atoms with Crippen molar-refractivity contribution in [3.8, 4) is 0 Å². The molecule has 3 N–H and O–H groups in total. The average Bonchev–Trinajstić information content (AvgIpc) is 2.65. The van der Waals surface area contributed by atoms with Gasteiger partial charge in [0.1, 0.15) is 0 Å². The molecule has 0 saturated carbocycles. The van der Waals surface area contributed by atoms with Gasteiger partial charge in [-0.25, -0.2) is 0 Å². The Labute approximate surface area is 125 Å². The second kappa shape index (κ2) is 5.76. The van der Waals surface area contributed by atoms with Crippen LogP contribution in [0.1, 0.15) is 18.5 Å². The van der Waals surface area contributed by atoms with E-state index in [1.165, 1.54) is 11.8 Å². The molecular weight excluding hydrogens is 324 g/mol. The Morgan fingerprint density at radius 3 is 2.50 bits per heavy atom. The quantitative estimate of drug-likeness (QED) is 0.874. The van der Waals surface area contributed by atoms with Gasteiger partial charge >= 0.3 is 0 Å².